The van der Waals surface area contributed by atoms with E-state index in [1.54, 1.807) is 22.9 Å². The second-order valence-electron chi connectivity index (χ2n) is 6.48. The molecule has 1 atom stereocenters. The largest absolute Gasteiger partial charge is 0.485 e. The van der Waals surface area contributed by atoms with Gasteiger partial charge in [0.15, 0.2) is 15.8 Å². The highest BCUT2D eigenvalue weighted by Crippen LogP contribution is 2.31. The minimum Gasteiger partial charge on any atom is -0.485 e. The Morgan fingerprint density at radius 1 is 1.17 bits per heavy atom. The monoisotopic (exact) mass is 435 g/mol. The first-order chi connectivity index (χ1) is 14.1. The molecular weight excluding hydrogens is 414 g/mol. The Morgan fingerprint density at radius 2 is 1.90 bits per heavy atom. The molecule has 0 radical (unpaired) electrons. The molecule has 9 nitrogen and oxygen atoms in total. The maximum Gasteiger partial charge on any atom is 0.267 e. The number of para-hydroxylation sites is 2. The number of hydrogen-bond donors (Lipinski definition) is 1. The number of ether oxygens (including phenoxy) is 2. The van der Waals surface area contributed by atoms with Gasteiger partial charge in [-0.25, -0.2) is 0 Å². The zero-order valence-electron chi connectivity index (χ0n) is 15.9. The van der Waals surface area contributed by atoms with Gasteiger partial charge >= 0.3 is 0 Å². The minimum atomic E-state index is -0.651. The lowest BCUT2D eigenvalue weighted by molar-refractivity contribution is -0.145. The Bertz CT molecular complexity index is 885. The van der Waals surface area contributed by atoms with Crippen molar-refractivity contribution in [3.8, 4) is 11.5 Å². The van der Waals surface area contributed by atoms with E-state index in [-0.39, 0.29) is 18.4 Å². The van der Waals surface area contributed by atoms with E-state index in [0.717, 1.165) is 9.47 Å². The minimum absolute atomic E-state index is 0.0366. The molecule has 3 heterocycles. The quantitative estimate of drug-likeness (QED) is 0.700. The molecule has 2 aromatic rings. The van der Waals surface area contributed by atoms with Gasteiger partial charge in [-0.05, 0) is 12.1 Å². The number of rotatable bonds is 5. The number of hydrogen-bond acceptors (Lipinski definition) is 9. The Labute approximate surface area is 176 Å². The lowest BCUT2D eigenvalue weighted by atomic mass is 10.2. The van der Waals surface area contributed by atoms with Gasteiger partial charge in [-0.3, -0.25) is 9.59 Å². The van der Waals surface area contributed by atoms with Crippen molar-refractivity contribution < 1.29 is 19.1 Å². The summed E-state index contributed by atoms with van der Waals surface area (Å²) in [4.78, 5) is 28.8. The molecule has 1 fully saturated rings. The number of aromatic nitrogens is 2. The van der Waals surface area contributed by atoms with Crippen LogP contribution >= 0.6 is 23.1 Å². The van der Waals surface area contributed by atoms with Crippen LogP contribution in [0.3, 0.4) is 0 Å². The SMILES string of the molecule is CNc1nnc(SCC(=O)N2CCN(C(=O)[C@@H]3COc4ccccc4O3)CC2)s1. The molecule has 1 saturated heterocycles. The van der Waals surface area contributed by atoms with Crippen molar-refractivity contribution in [3.05, 3.63) is 24.3 Å². The number of carbonyl (C=O) groups is 2. The smallest absolute Gasteiger partial charge is 0.267 e. The number of carbonyl (C=O) groups excluding carboxylic acids is 2. The molecule has 2 aliphatic rings. The summed E-state index contributed by atoms with van der Waals surface area (Å²) in [6, 6.07) is 7.32. The average molecular weight is 436 g/mol. The highest BCUT2D eigenvalue weighted by Gasteiger charge is 2.33. The van der Waals surface area contributed by atoms with Gasteiger partial charge in [-0.15, -0.1) is 10.2 Å². The predicted molar refractivity (Wildman–Crippen MR) is 110 cm³/mol. The molecule has 1 N–H and O–H groups in total. The Kier molecular flexibility index (Phi) is 6.05. The van der Waals surface area contributed by atoms with Crippen molar-refractivity contribution in [2.24, 2.45) is 0 Å². The van der Waals surface area contributed by atoms with Crippen molar-refractivity contribution in [3.63, 3.8) is 0 Å². The van der Waals surface area contributed by atoms with E-state index in [1.165, 1.54) is 23.1 Å². The molecule has 1 aromatic heterocycles. The van der Waals surface area contributed by atoms with Crippen LogP contribution < -0.4 is 14.8 Å². The fraction of sp³-hybridized carbons (Fsp3) is 0.444. The molecule has 2 aliphatic heterocycles. The molecular formula is C18H21N5O4S2. The highest BCUT2D eigenvalue weighted by atomic mass is 32.2. The molecule has 0 saturated carbocycles. The van der Waals surface area contributed by atoms with Crippen molar-refractivity contribution in [1.82, 2.24) is 20.0 Å². The summed E-state index contributed by atoms with van der Waals surface area (Å²) in [5.41, 5.74) is 0. The van der Waals surface area contributed by atoms with Crippen molar-refractivity contribution in [1.29, 1.82) is 0 Å². The zero-order chi connectivity index (χ0) is 20.2. The van der Waals surface area contributed by atoms with Gasteiger partial charge in [0.05, 0.1) is 5.75 Å². The van der Waals surface area contributed by atoms with Crippen LogP contribution in [0.4, 0.5) is 5.13 Å². The summed E-state index contributed by atoms with van der Waals surface area (Å²) in [5, 5.41) is 11.6. The molecule has 1 aromatic carbocycles. The number of thioether (sulfide) groups is 1. The number of piperazine rings is 1. The third-order valence-corrected chi connectivity index (χ3v) is 6.73. The van der Waals surface area contributed by atoms with E-state index < -0.39 is 6.10 Å². The van der Waals surface area contributed by atoms with Gasteiger partial charge in [0, 0.05) is 33.2 Å². The van der Waals surface area contributed by atoms with Gasteiger partial charge < -0.3 is 24.6 Å². The number of nitrogens with zero attached hydrogens (tertiary/aromatic N) is 4. The normalized spacial score (nSPS) is 18.4. The Balaban J connectivity index is 1.24. The number of amides is 2. The first-order valence-corrected chi connectivity index (χ1v) is 11.0. The molecule has 4 rings (SSSR count). The summed E-state index contributed by atoms with van der Waals surface area (Å²) in [6.07, 6.45) is -0.651. The molecule has 0 unspecified atom stereocenters. The second kappa shape index (κ2) is 8.87. The maximum absolute atomic E-state index is 12.8. The van der Waals surface area contributed by atoms with Crippen LogP contribution in [0.25, 0.3) is 0 Å². The van der Waals surface area contributed by atoms with E-state index in [9.17, 15) is 9.59 Å². The summed E-state index contributed by atoms with van der Waals surface area (Å²) < 4.78 is 12.2. The Hall–Kier alpha value is -2.53. The molecule has 0 spiro atoms. The molecule has 0 bridgehead atoms. The lowest BCUT2D eigenvalue weighted by Crippen LogP contribution is -2.55. The molecule has 2 amide bonds. The summed E-state index contributed by atoms with van der Waals surface area (Å²) in [7, 11) is 1.78. The fourth-order valence-corrected chi connectivity index (χ4v) is 4.71. The third kappa shape index (κ3) is 4.56. The highest BCUT2D eigenvalue weighted by molar-refractivity contribution is 8.01. The van der Waals surface area contributed by atoms with Crippen LogP contribution in [0.2, 0.25) is 0 Å². The first-order valence-electron chi connectivity index (χ1n) is 9.23. The molecule has 29 heavy (non-hydrogen) atoms. The van der Waals surface area contributed by atoms with Crippen molar-refractivity contribution in [2.75, 3.05) is 50.9 Å². The van der Waals surface area contributed by atoms with Crippen LogP contribution in [-0.4, -0.2) is 83.5 Å². The van der Waals surface area contributed by atoms with Gasteiger partial charge in [0.25, 0.3) is 5.91 Å². The van der Waals surface area contributed by atoms with Gasteiger partial charge in [-0.2, -0.15) is 0 Å². The summed E-state index contributed by atoms with van der Waals surface area (Å²) in [6.45, 7) is 2.18. The van der Waals surface area contributed by atoms with E-state index in [4.69, 9.17) is 9.47 Å². The van der Waals surface area contributed by atoms with Crippen LogP contribution in [0.1, 0.15) is 0 Å². The molecule has 0 aliphatic carbocycles. The lowest BCUT2D eigenvalue weighted by Gasteiger charge is -2.37. The van der Waals surface area contributed by atoms with E-state index in [1.807, 2.05) is 18.2 Å². The van der Waals surface area contributed by atoms with E-state index in [2.05, 4.69) is 15.5 Å². The third-order valence-electron chi connectivity index (χ3n) is 4.67. The van der Waals surface area contributed by atoms with E-state index in [0.29, 0.717) is 43.4 Å². The summed E-state index contributed by atoms with van der Waals surface area (Å²) in [5.74, 6) is 1.48. The van der Waals surface area contributed by atoms with Gasteiger partial charge in [0.2, 0.25) is 17.1 Å². The number of anilines is 1. The average Bonchev–Trinajstić information content (AvgIpc) is 3.25. The van der Waals surface area contributed by atoms with Crippen molar-refractivity contribution >= 4 is 40.0 Å². The van der Waals surface area contributed by atoms with Crippen LogP contribution in [0, 0.1) is 0 Å². The van der Waals surface area contributed by atoms with Gasteiger partial charge in [-0.1, -0.05) is 35.2 Å². The number of benzene rings is 1. The number of nitrogens with one attached hydrogen (secondary N) is 1. The standard InChI is InChI=1S/C18H21N5O4S2/c1-19-17-20-21-18(29-17)28-11-15(24)22-6-8-23(9-7-22)16(25)14-10-26-12-4-2-3-5-13(12)27-14/h2-5,14H,6-11H2,1H3,(H,19,20)/t14-/m0/s1. The second-order valence-corrected chi connectivity index (χ2v) is 8.68. The first kappa shape index (κ1) is 19.8. The van der Waals surface area contributed by atoms with Gasteiger partial charge in [0.1, 0.15) is 6.61 Å². The van der Waals surface area contributed by atoms with Crippen molar-refractivity contribution in [2.45, 2.75) is 10.4 Å². The van der Waals surface area contributed by atoms with E-state index >= 15 is 0 Å². The maximum atomic E-state index is 12.8. The summed E-state index contributed by atoms with van der Waals surface area (Å²) >= 11 is 2.80. The fourth-order valence-electron chi connectivity index (χ4n) is 3.10. The molecule has 154 valence electrons. The topological polar surface area (TPSA) is 96.9 Å². The molecule has 11 heteroatoms. The van der Waals surface area contributed by atoms with Crippen LogP contribution in [-0.2, 0) is 9.59 Å². The Morgan fingerprint density at radius 3 is 2.62 bits per heavy atom. The van der Waals surface area contributed by atoms with Crippen LogP contribution in [0.15, 0.2) is 28.6 Å². The van der Waals surface area contributed by atoms with Crippen LogP contribution in [0.5, 0.6) is 11.5 Å². The predicted octanol–water partition coefficient (Wildman–Crippen LogP) is 1.18. The number of fused-ring (bicyclic) bond motifs is 1. The zero-order valence-corrected chi connectivity index (χ0v) is 17.5.